The number of azide groups is 1. The fraction of sp³-hybridized carbons (Fsp3) is 0.118. The average Bonchev–Trinajstić information content (AvgIpc) is 3.15. The zero-order chi connectivity index (χ0) is 21.7. The highest BCUT2D eigenvalue weighted by atomic mass is 19.4. The number of aromatic amines is 1. The number of rotatable bonds is 6. The Bertz CT molecular complexity index is 1110. The van der Waals surface area contributed by atoms with E-state index in [9.17, 15) is 22.4 Å². The molecule has 0 spiro atoms. The van der Waals surface area contributed by atoms with Crippen LogP contribution in [0.5, 0.6) is 11.8 Å². The van der Waals surface area contributed by atoms with Gasteiger partial charge in [-0.1, -0.05) is 6.07 Å². The highest BCUT2D eigenvalue weighted by Crippen LogP contribution is 2.25. The molecule has 0 fully saturated rings. The van der Waals surface area contributed by atoms with Crippen molar-refractivity contribution in [2.75, 3.05) is 0 Å². The van der Waals surface area contributed by atoms with Gasteiger partial charge in [0.25, 0.3) is 5.91 Å². The van der Waals surface area contributed by atoms with Gasteiger partial charge in [-0.25, -0.2) is 4.39 Å². The van der Waals surface area contributed by atoms with Crippen LogP contribution in [0.15, 0.2) is 47.6 Å². The minimum atomic E-state index is -4.79. The predicted molar refractivity (Wildman–Crippen MR) is 92.7 cm³/mol. The number of nitrogens with one attached hydrogen (secondary N) is 1. The van der Waals surface area contributed by atoms with E-state index >= 15 is 0 Å². The van der Waals surface area contributed by atoms with Crippen LogP contribution < -0.4 is 9.47 Å². The fourth-order valence-electron chi connectivity index (χ4n) is 2.32. The molecular weight excluding hydrogens is 412 g/mol. The molecule has 0 aliphatic rings. The molecule has 0 bridgehead atoms. The minimum absolute atomic E-state index is 0.0877. The quantitative estimate of drug-likeness (QED) is 0.270. The van der Waals surface area contributed by atoms with Gasteiger partial charge in [-0.3, -0.25) is 9.89 Å². The second kappa shape index (κ2) is 8.49. The number of H-pyrrole nitrogens is 1. The monoisotopic (exact) mass is 422 g/mol. The number of hydrogen-bond acceptors (Lipinski definition) is 5. The first kappa shape index (κ1) is 20.6. The van der Waals surface area contributed by atoms with Crippen LogP contribution in [-0.4, -0.2) is 27.5 Å². The van der Waals surface area contributed by atoms with Crippen LogP contribution in [0.25, 0.3) is 21.8 Å². The smallest absolute Gasteiger partial charge is 0.458 e. The molecule has 9 nitrogen and oxygen atoms in total. The maximum atomic E-state index is 13.9. The molecule has 1 amide bonds. The van der Waals surface area contributed by atoms with E-state index in [1.165, 1.54) is 18.2 Å². The van der Waals surface area contributed by atoms with Crippen molar-refractivity contribution >= 4 is 5.91 Å². The number of ether oxygens (including phenoxy) is 2. The molecule has 1 heterocycles. The molecule has 3 aromatic rings. The summed E-state index contributed by atoms with van der Waals surface area (Å²) < 4.78 is 59.6. The molecular formula is C17H10F4N6O3. The van der Waals surface area contributed by atoms with E-state index in [2.05, 4.69) is 29.9 Å². The van der Waals surface area contributed by atoms with Crippen LogP contribution in [0.4, 0.5) is 17.6 Å². The largest absolute Gasteiger partial charge is 0.573 e. The van der Waals surface area contributed by atoms with Gasteiger partial charge in [0, 0.05) is 10.5 Å². The van der Waals surface area contributed by atoms with Crippen LogP contribution in [0, 0.1) is 5.82 Å². The number of halogens is 4. The Labute approximate surface area is 164 Å². The molecule has 0 radical (unpaired) electrons. The van der Waals surface area contributed by atoms with Crippen molar-refractivity contribution in [1.82, 2.24) is 15.2 Å². The Balaban J connectivity index is 1.64. The number of benzene rings is 2. The van der Waals surface area contributed by atoms with Crippen molar-refractivity contribution in [3.05, 3.63) is 69.9 Å². The standard InChI is InChI=1S/C17H10F4N6O3/c18-13-7-9(1-6-12(13)15(28)25-27-22)8-29-16-23-14(24-26-16)10-2-4-11(5-3-10)30-17(19,20)21/h1-7H,8H2,(H,23,24,26). The summed E-state index contributed by atoms with van der Waals surface area (Å²) >= 11 is 0. The van der Waals surface area contributed by atoms with Gasteiger partial charge in [-0.05, 0) is 52.6 Å². The topological polar surface area (TPSA) is 126 Å². The van der Waals surface area contributed by atoms with Crippen molar-refractivity contribution in [3.63, 3.8) is 0 Å². The van der Waals surface area contributed by atoms with E-state index in [4.69, 9.17) is 10.3 Å². The van der Waals surface area contributed by atoms with Crippen molar-refractivity contribution in [3.8, 4) is 23.1 Å². The summed E-state index contributed by atoms with van der Waals surface area (Å²) in [4.78, 5) is 17.7. The molecule has 0 saturated carbocycles. The van der Waals surface area contributed by atoms with E-state index in [0.717, 1.165) is 24.3 Å². The first-order chi connectivity index (χ1) is 14.2. The SMILES string of the molecule is [N-]=[N+]=NC(=O)c1ccc(COc2n[nH]c(-c3ccc(OC(F)(F)F)cc3)n2)cc1F. The van der Waals surface area contributed by atoms with Gasteiger partial charge in [0.1, 0.15) is 18.2 Å². The molecule has 0 unspecified atom stereocenters. The van der Waals surface area contributed by atoms with E-state index in [0.29, 0.717) is 11.1 Å². The third-order valence-electron chi connectivity index (χ3n) is 3.59. The van der Waals surface area contributed by atoms with Crippen LogP contribution in [0.2, 0.25) is 0 Å². The van der Waals surface area contributed by atoms with Gasteiger partial charge in [0.05, 0.1) is 5.56 Å². The second-order valence-electron chi connectivity index (χ2n) is 5.64. The van der Waals surface area contributed by atoms with E-state index < -0.39 is 18.1 Å². The van der Waals surface area contributed by atoms with Crippen molar-refractivity contribution in [1.29, 1.82) is 0 Å². The third-order valence-corrected chi connectivity index (χ3v) is 3.59. The summed E-state index contributed by atoms with van der Waals surface area (Å²) in [6.45, 7) is -0.136. The summed E-state index contributed by atoms with van der Waals surface area (Å²) in [6.07, 6.45) is -4.79. The number of carbonyl (C=O) groups is 1. The number of nitrogens with zero attached hydrogens (tertiary/aromatic N) is 5. The zero-order valence-electron chi connectivity index (χ0n) is 14.7. The van der Waals surface area contributed by atoms with Gasteiger partial charge in [0.2, 0.25) is 0 Å². The molecule has 13 heteroatoms. The first-order valence-corrected chi connectivity index (χ1v) is 8.04. The summed E-state index contributed by atoms with van der Waals surface area (Å²) in [7, 11) is 0. The zero-order valence-corrected chi connectivity index (χ0v) is 14.7. The van der Waals surface area contributed by atoms with Crippen molar-refractivity contribution in [2.45, 2.75) is 13.0 Å². The van der Waals surface area contributed by atoms with Gasteiger partial charge in [0.15, 0.2) is 5.82 Å². The van der Waals surface area contributed by atoms with Crippen LogP contribution in [-0.2, 0) is 6.61 Å². The molecule has 1 aromatic heterocycles. The minimum Gasteiger partial charge on any atom is -0.458 e. The van der Waals surface area contributed by atoms with Crippen LogP contribution in [0.3, 0.4) is 0 Å². The summed E-state index contributed by atoms with van der Waals surface area (Å²) in [6, 6.07) is 8.43. The lowest BCUT2D eigenvalue weighted by molar-refractivity contribution is -0.274. The van der Waals surface area contributed by atoms with Gasteiger partial charge >= 0.3 is 12.4 Å². The highest BCUT2D eigenvalue weighted by Gasteiger charge is 2.31. The summed E-state index contributed by atoms with van der Waals surface area (Å²) in [5.41, 5.74) is 8.62. The molecule has 0 aliphatic carbocycles. The van der Waals surface area contributed by atoms with Crippen molar-refractivity contribution < 1.29 is 31.8 Å². The second-order valence-corrected chi connectivity index (χ2v) is 5.64. The Morgan fingerprint density at radius 3 is 2.57 bits per heavy atom. The number of aromatic nitrogens is 3. The van der Waals surface area contributed by atoms with E-state index in [-0.39, 0.29) is 29.8 Å². The Kier molecular flexibility index (Phi) is 5.83. The van der Waals surface area contributed by atoms with E-state index in [1.807, 2.05) is 0 Å². The molecule has 3 rings (SSSR count). The lowest BCUT2D eigenvalue weighted by Gasteiger charge is -2.08. The number of alkyl halides is 3. The summed E-state index contributed by atoms with van der Waals surface area (Å²) in [5.74, 6) is -2.09. The molecule has 2 aromatic carbocycles. The third kappa shape index (κ3) is 5.23. The van der Waals surface area contributed by atoms with Crippen molar-refractivity contribution in [2.24, 2.45) is 5.11 Å². The van der Waals surface area contributed by atoms with Crippen LogP contribution in [0.1, 0.15) is 15.9 Å². The number of amides is 1. The Morgan fingerprint density at radius 2 is 1.93 bits per heavy atom. The lowest BCUT2D eigenvalue weighted by Crippen LogP contribution is -2.16. The molecule has 0 saturated heterocycles. The number of carbonyl (C=O) groups excluding carboxylic acids is 1. The molecule has 1 N–H and O–H groups in total. The molecule has 30 heavy (non-hydrogen) atoms. The maximum absolute atomic E-state index is 13.9. The maximum Gasteiger partial charge on any atom is 0.573 e. The van der Waals surface area contributed by atoms with E-state index in [1.54, 1.807) is 0 Å². The Morgan fingerprint density at radius 1 is 1.20 bits per heavy atom. The van der Waals surface area contributed by atoms with Crippen LogP contribution >= 0.6 is 0 Å². The highest BCUT2D eigenvalue weighted by molar-refractivity contribution is 5.95. The fourth-order valence-corrected chi connectivity index (χ4v) is 2.32. The van der Waals surface area contributed by atoms with Gasteiger partial charge < -0.3 is 9.47 Å². The van der Waals surface area contributed by atoms with Gasteiger partial charge in [-0.2, -0.15) is 4.98 Å². The first-order valence-electron chi connectivity index (χ1n) is 8.04. The lowest BCUT2D eigenvalue weighted by atomic mass is 10.1. The number of hydrogen-bond donors (Lipinski definition) is 1. The molecule has 0 atom stereocenters. The average molecular weight is 422 g/mol. The normalized spacial score (nSPS) is 10.9. The summed E-state index contributed by atoms with van der Waals surface area (Å²) in [5, 5.41) is 9.19. The molecule has 154 valence electrons. The Hall–Kier alpha value is -4.12. The molecule has 0 aliphatic heterocycles. The van der Waals surface area contributed by atoms with Gasteiger partial charge in [-0.15, -0.1) is 18.3 Å². The predicted octanol–water partition coefficient (Wildman–Crippen LogP) is 4.54.